The van der Waals surface area contributed by atoms with Crippen LogP contribution in [0.2, 0.25) is 0 Å². The van der Waals surface area contributed by atoms with E-state index in [9.17, 15) is 4.79 Å². The zero-order valence-electron chi connectivity index (χ0n) is 32.5. The Morgan fingerprint density at radius 3 is 1.17 bits per heavy atom. The molecule has 0 aliphatic rings. The number of ketones is 1. The van der Waals surface area contributed by atoms with Crippen LogP contribution in [0.5, 0.6) is 0 Å². The number of fused-ring (bicyclic) bond motifs is 12. The minimum atomic E-state index is 0. The maximum Gasteiger partial charge on any atom is 0.134 e. The topological polar surface area (TPSA) is 146 Å². The molecule has 11 nitrogen and oxygen atoms in total. The number of rotatable bonds is 4. The molecule has 0 atom stereocenters. The normalized spacial score (nSPS) is 10.8. The summed E-state index contributed by atoms with van der Waals surface area (Å²) < 4.78 is 0. The average molecular weight is 868 g/mol. The van der Waals surface area contributed by atoms with Gasteiger partial charge in [0.15, 0.2) is 0 Å². The van der Waals surface area contributed by atoms with E-state index in [4.69, 9.17) is 9.97 Å². The van der Waals surface area contributed by atoms with Crippen molar-refractivity contribution in [1.82, 2.24) is 49.8 Å². The van der Waals surface area contributed by atoms with Crippen LogP contribution >= 0.6 is 0 Å². The summed E-state index contributed by atoms with van der Waals surface area (Å²) in [5, 5.41) is 3.76. The van der Waals surface area contributed by atoms with E-state index in [2.05, 4.69) is 39.9 Å². The van der Waals surface area contributed by atoms with Crippen molar-refractivity contribution < 1.29 is 24.3 Å². The van der Waals surface area contributed by atoms with Gasteiger partial charge in [0.25, 0.3) is 0 Å². The average Bonchev–Trinajstić information content (AvgIpc) is 3.30. The first-order valence-corrected chi connectivity index (χ1v) is 19.0. The molecule has 0 bridgehead atoms. The van der Waals surface area contributed by atoms with Gasteiger partial charge in [0.2, 0.25) is 0 Å². The molecule has 0 unspecified atom stereocenters. The van der Waals surface area contributed by atoms with Crippen LogP contribution in [0.25, 0.3) is 88.5 Å². The number of benzene rings is 2. The molecule has 9 aromatic heterocycles. The van der Waals surface area contributed by atoms with Gasteiger partial charge >= 0.3 is 0 Å². The number of hydrogen-bond acceptors (Lipinski definition) is 11. The van der Waals surface area contributed by atoms with Crippen molar-refractivity contribution in [2.75, 3.05) is 0 Å². The van der Waals surface area contributed by atoms with Crippen molar-refractivity contribution in [3.05, 3.63) is 170 Å². The molecule has 12 heteroatoms. The minimum Gasteiger partial charge on any atom is -0.300 e. The van der Waals surface area contributed by atoms with Crippen LogP contribution in [0.15, 0.2) is 159 Å². The Kier molecular flexibility index (Phi) is 11.6. The van der Waals surface area contributed by atoms with Crippen LogP contribution in [0.4, 0.5) is 0 Å². The number of aryl methyl sites for hydroxylation is 1. The van der Waals surface area contributed by atoms with Crippen molar-refractivity contribution in [1.29, 1.82) is 0 Å². The molecule has 0 saturated carbocycles. The van der Waals surface area contributed by atoms with Gasteiger partial charge < -0.3 is 0 Å². The van der Waals surface area contributed by atoms with E-state index >= 15 is 0 Å². The van der Waals surface area contributed by atoms with Crippen LogP contribution in [-0.2, 0) is 30.7 Å². The number of aromatic nitrogens is 10. The molecular formula is C48H34N10ORu. The molecule has 11 rings (SSSR count). The van der Waals surface area contributed by atoms with E-state index in [-0.39, 0.29) is 25.3 Å². The molecule has 0 saturated heterocycles. The number of hydrogen-bond donors (Lipinski definition) is 0. The van der Waals surface area contributed by atoms with E-state index in [0.717, 1.165) is 99.6 Å². The summed E-state index contributed by atoms with van der Waals surface area (Å²) in [5.74, 6) is 0.152. The molecule has 0 radical (unpaired) electrons. The number of carbonyl (C=O) groups excluding carboxylic acids is 1. The third-order valence-electron chi connectivity index (χ3n) is 9.64. The maximum absolute atomic E-state index is 11.1. The van der Waals surface area contributed by atoms with E-state index in [1.54, 1.807) is 56.5 Å². The third kappa shape index (κ3) is 8.01. The van der Waals surface area contributed by atoms with Gasteiger partial charge in [-0.1, -0.05) is 12.1 Å². The smallest absolute Gasteiger partial charge is 0.134 e. The van der Waals surface area contributed by atoms with Crippen molar-refractivity contribution in [3.8, 4) is 22.8 Å². The van der Waals surface area contributed by atoms with Gasteiger partial charge in [-0.15, -0.1) is 0 Å². The van der Waals surface area contributed by atoms with Gasteiger partial charge in [-0.2, -0.15) is 0 Å². The molecule has 0 aliphatic heterocycles. The summed E-state index contributed by atoms with van der Waals surface area (Å²) in [7, 11) is 0. The van der Waals surface area contributed by atoms with Crippen molar-refractivity contribution in [2.45, 2.75) is 20.3 Å². The number of Topliss-reactive ketones (excluding diaryl/α,β-unsaturated/α-hetero) is 1. The fourth-order valence-corrected chi connectivity index (χ4v) is 7.04. The SMILES string of the molecule is CC(=O)Cc1ccnc(-c2cc(C)ccn2)c1.[Ru].c1ccc(-c2ccccn2)nc1.c1cnc2c(c1)c1nc3c4cccnc4c4ncccc4c3nc1c1cccnc12. The monoisotopic (exact) mass is 868 g/mol. The molecule has 0 fully saturated rings. The first kappa shape index (κ1) is 39.4. The molecule has 0 amide bonds. The summed E-state index contributed by atoms with van der Waals surface area (Å²) in [6.45, 7) is 3.61. The second-order valence-corrected chi connectivity index (χ2v) is 13.8. The summed E-state index contributed by atoms with van der Waals surface area (Å²) >= 11 is 0. The quantitative estimate of drug-likeness (QED) is 0.0947. The first-order chi connectivity index (χ1) is 29.0. The van der Waals surface area contributed by atoms with Crippen molar-refractivity contribution >= 4 is 71.5 Å². The van der Waals surface area contributed by atoms with Crippen LogP contribution < -0.4 is 0 Å². The molecule has 9 heterocycles. The molecule has 0 N–H and O–H groups in total. The van der Waals surface area contributed by atoms with Crippen molar-refractivity contribution in [2.24, 2.45) is 0 Å². The zero-order valence-corrected chi connectivity index (χ0v) is 34.2. The van der Waals surface area contributed by atoms with Gasteiger partial charge in [0.1, 0.15) is 5.78 Å². The summed E-state index contributed by atoms with van der Waals surface area (Å²) in [6.07, 6.45) is 14.6. The first-order valence-electron chi connectivity index (χ1n) is 19.0. The fraction of sp³-hybridized carbons (Fsp3) is 0.0625. The molecule has 11 aromatic rings. The summed E-state index contributed by atoms with van der Waals surface area (Å²) in [6, 6.07) is 35.1. The molecule has 2 aromatic carbocycles. The Morgan fingerprint density at radius 1 is 0.400 bits per heavy atom. The van der Waals surface area contributed by atoms with Crippen LogP contribution in [0.1, 0.15) is 18.1 Å². The third-order valence-corrected chi connectivity index (χ3v) is 9.64. The Labute approximate surface area is 356 Å². The predicted molar refractivity (Wildman–Crippen MR) is 232 cm³/mol. The Hall–Kier alpha value is -7.43. The molecular weight excluding hydrogens is 834 g/mol. The van der Waals surface area contributed by atoms with Crippen LogP contribution in [0, 0.1) is 6.92 Å². The standard InChI is InChI=1S/C24H12N6.C14H14N2O.C10H8N2.Ru/c1-5-13-17(25-9-1)18-14(6-2-10-26-18)22-21(13)29-23-15-7-3-11-27-19(15)20-16(24(23)30-22)8-4-12-28-20;1-10-3-5-15-13(7-10)14-9-12(4-6-16-14)8-11(2)17;1-3-7-11-9(5-1)10-6-2-4-8-12-10;/h1-12H;3-7,9H,8H2,1-2H3;1-8H;. The Balaban J connectivity index is 0.000000141. The predicted octanol–water partition coefficient (Wildman–Crippen LogP) is 9.70. The molecule has 0 aliphatic carbocycles. The van der Waals surface area contributed by atoms with Crippen LogP contribution in [0.3, 0.4) is 0 Å². The Morgan fingerprint density at radius 2 is 0.783 bits per heavy atom. The molecule has 60 heavy (non-hydrogen) atoms. The van der Waals surface area contributed by atoms with Gasteiger partial charge in [0, 0.05) is 97.0 Å². The fourth-order valence-electron chi connectivity index (χ4n) is 7.04. The zero-order chi connectivity index (χ0) is 40.1. The number of carbonyl (C=O) groups is 1. The second kappa shape index (κ2) is 17.6. The van der Waals surface area contributed by atoms with Gasteiger partial charge in [-0.25, -0.2) is 9.97 Å². The largest absolute Gasteiger partial charge is 0.300 e. The van der Waals surface area contributed by atoms with Gasteiger partial charge in [-0.05, 0) is 122 Å². The van der Waals surface area contributed by atoms with E-state index in [1.165, 1.54) is 0 Å². The number of nitrogens with zero attached hydrogens (tertiary/aromatic N) is 10. The van der Waals surface area contributed by atoms with E-state index < -0.39 is 0 Å². The number of pyridine rings is 8. The maximum atomic E-state index is 11.1. The van der Waals surface area contributed by atoms with Crippen LogP contribution in [-0.4, -0.2) is 55.6 Å². The summed E-state index contributed by atoms with van der Waals surface area (Å²) in [5.41, 5.74) is 12.2. The second-order valence-electron chi connectivity index (χ2n) is 13.8. The molecule has 290 valence electrons. The molecule has 0 spiro atoms. The van der Waals surface area contributed by atoms with Gasteiger partial charge in [-0.3, -0.25) is 44.7 Å². The van der Waals surface area contributed by atoms with E-state index in [1.807, 2.05) is 116 Å². The van der Waals surface area contributed by atoms with Crippen molar-refractivity contribution in [3.63, 3.8) is 0 Å². The summed E-state index contributed by atoms with van der Waals surface area (Å²) in [4.78, 5) is 56.7. The Bertz CT molecular complexity index is 3010. The minimum absolute atomic E-state index is 0. The van der Waals surface area contributed by atoms with E-state index in [0.29, 0.717) is 6.42 Å². The van der Waals surface area contributed by atoms with Gasteiger partial charge in [0.05, 0.1) is 66.9 Å².